The van der Waals surface area contributed by atoms with Crippen molar-refractivity contribution in [2.24, 2.45) is 11.7 Å². The fourth-order valence-corrected chi connectivity index (χ4v) is 2.94. The summed E-state index contributed by atoms with van der Waals surface area (Å²) in [6.45, 7) is 4.85. The van der Waals surface area contributed by atoms with Crippen LogP contribution in [0.15, 0.2) is 0 Å². The summed E-state index contributed by atoms with van der Waals surface area (Å²) in [6, 6.07) is 1.10. The number of ether oxygens (including phenoxy) is 1. The van der Waals surface area contributed by atoms with E-state index in [-0.39, 0.29) is 0 Å². The Morgan fingerprint density at radius 3 is 2.81 bits per heavy atom. The molecule has 4 heteroatoms. The van der Waals surface area contributed by atoms with E-state index in [2.05, 4.69) is 25.1 Å². The van der Waals surface area contributed by atoms with Gasteiger partial charge in [0.05, 0.1) is 6.61 Å². The summed E-state index contributed by atoms with van der Waals surface area (Å²) in [5.41, 5.74) is 5.92. The molecule has 0 spiro atoms. The number of nitrogens with two attached hydrogens (primary N) is 1. The molecule has 3 atom stereocenters. The van der Waals surface area contributed by atoms with Crippen LogP contribution in [-0.2, 0) is 4.74 Å². The van der Waals surface area contributed by atoms with Crippen LogP contribution in [0.3, 0.4) is 0 Å². The molecule has 1 fully saturated rings. The van der Waals surface area contributed by atoms with Gasteiger partial charge in [0, 0.05) is 31.2 Å². The van der Waals surface area contributed by atoms with Gasteiger partial charge < -0.3 is 10.5 Å². The second-order valence-corrected chi connectivity index (χ2v) is 5.71. The van der Waals surface area contributed by atoms with Gasteiger partial charge in [-0.05, 0) is 38.8 Å². The van der Waals surface area contributed by atoms with E-state index in [0.29, 0.717) is 18.0 Å². The molecule has 2 N–H and O–H groups in total. The second kappa shape index (κ2) is 7.54. The SMILES string of the molecule is CSCCC(C)N(C)C(CN)C1CCOC1. The van der Waals surface area contributed by atoms with Crippen LogP contribution in [0.1, 0.15) is 19.8 Å². The standard InChI is InChI=1S/C12H26N2OS/c1-10(5-7-16-3)14(2)12(8-13)11-4-6-15-9-11/h10-12H,4-9,13H2,1-3H3. The minimum absolute atomic E-state index is 0.486. The lowest BCUT2D eigenvalue weighted by atomic mass is 9.96. The summed E-state index contributed by atoms with van der Waals surface area (Å²) in [7, 11) is 2.21. The van der Waals surface area contributed by atoms with Crippen LogP contribution in [0, 0.1) is 5.92 Å². The molecule has 1 rings (SSSR count). The molecule has 0 amide bonds. The molecule has 1 aliphatic rings. The molecule has 0 bridgehead atoms. The Labute approximate surface area is 104 Å². The fraction of sp³-hybridized carbons (Fsp3) is 1.00. The van der Waals surface area contributed by atoms with E-state index in [9.17, 15) is 0 Å². The summed E-state index contributed by atoms with van der Waals surface area (Å²) < 4.78 is 5.46. The molecular formula is C12H26N2OS. The third kappa shape index (κ3) is 3.91. The third-order valence-electron chi connectivity index (χ3n) is 3.71. The first-order valence-corrected chi connectivity index (χ1v) is 7.58. The van der Waals surface area contributed by atoms with Crippen molar-refractivity contribution in [2.45, 2.75) is 31.8 Å². The van der Waals surface area contributed by atoms with Crippen molar-refractivity contribution in [3.63, 3.8) is 0 Å². The average molecular weight is 246 g/mol. The quantitative estimate of drug-likeness (QED) is 0.737. The first-order valence-electron chi connectivity index (χ1n) is 6.19. The van der Waals surface area contributed by atoms with Gasteiger partial charge in [0.1, 0.15) is 0 Å². The molecule has 0 saturated carbocycles. The maximum absolute atomic E-state index is 5.92. The zero-order valence-electron chi connectivity index (χ0n) is 10.8. The van der Waals surface area contributed by atoms with Gasteiger partial charge in [-0.15, -0.1) is 0 Å². The molecule has 1 aliphatic heterocycles. The normalized spacial score (nSPS) is 24.9. The third-order valence-corrected chi connectivity index (χ3v) is 4.35. The molecular weight excluding hydrogens is 220 g/mol. The second-order valence-electron chi connectivity index (χ2n) is 4.72. The highest BCUT2D eigenvalue weighted by molar-refractivity contribution is 7.98. The highest BCUT2D eigenvalue weighted by Crippen LogP contribution is 2.22. The van der Waals surface area contributed by atoms with E-state index in [1.807, 2.05) is 11.8 Å². The molecule has 1 heterocycles. The Morgan fingerprint density at radius 2 is 2.31 bits per heavy atom. The van der Waals surface area contributed by atoms with Crippen LogP contribution < -0.4 is 5.73 Å². The smallest absolute Gasteiger partial charge is 0.0510 e. The van der Waals surface area contributed by atoms with Crippen LogP contribution in [-0.4, -0.2) is 55.8 Å². The molecule has 0 aromatic rings. The molecule has 3 unspecified atom stereocenters. The highest BCUT2D eigenvalue weighted by atomic mass is 32.2. The van der Waals surface area contributed by atoms with E-state index in [0.717, 1.165) is 19.8 Å². The predicted molar refractivity (Wildman–Crippen MR) is 72.0 cm³/mol. The van der Waals surface area contributed by atoms with Crippen LogP contribution in [0.2, 0.25) is 0 Å². The predicted octanol–water partition coefficient (Wildman–Crippen LogP) is 1.42. The largest absolute Gasteiger partial charge is 0.381 e. The Balaban J connectivity index is 2.43. The molecule has 0 aromatic carbocycles. The topological polar surface area (TPSA) is 38.5 Å². The molecule has 16 heavy (non-hydrogen) atoms. The Bertz CT molecular complexity index is 186. The van der Waals surface area contributed by atoms with E-state index < -0.39 is 0 Å². The minimum Gasteiger partial charge on any atom is -0.381 e. The van der Waals surface area contributed by atoms with Crippen molar-refractivity contribution in [1.82, 2.24) is 4.90 Å². The summed E-state index contributed by atoms with van der Waals surface area (Å²) in [4.78, 5) is 2.45. The Kier molecular flexibility index (Phi) is 6.73. The maximum Gasteiger partial charge on any atom is 0.0510 e. The Hall–Kier alpha value is 0.230. The number of rotatable bonds is 7. The molecule has 96 valence electrons. The number of likely N-dealkylation sites (N-methyl/N-ethyl adjacent to an activating group) is 1. The van der Waals surface area contributed by atoms with Crippen molar-refractivity contribution in [2.75, 3.05) is 38.8 Å². The molecule has 0 aliphatic carbocycles. The van der Waals surface area contributed by atoms with Crippen LogP contribution in [0.5, 0.6) is 0 Å². The summed E-state index contributed by atoms with van der Waals surface area (Å²) in [5, 5.41) is 0. The lowest BCUT2D eigenvalue weighted by Crippen LogP contribution is -2.47. The zero-order valence-corrected chi connectivity index (χ0v) is 11.6. The first kappa shape index (κ1) is 14.3. The molecule has 1 saturated heterocycles. The average Bonchev–Trinajstić information content (AvgIpc) is 2.80. The summed E-state index contributed by atoms with van der Waals surface area (Å²) in [6.07, 6.45) is 4.57. The van der Waals surface area contributed by atoms with Gasteiger partial charge in [-0.25, -0.2) is 0 Å². The molecule has 3 nitrogen and oxygen atoms in total. The number of thioether (sulfide) groups is 1. The van der Waals surface area contributed by atoms with Crippen molar-refractivity contribution < 1.29 is 4.74 Å². The van der Waals surface area contributed by atoms with Crippen LogP contribution in [0.25, 0.3) is 0 Å². The summed E-state index contributed by atoms with van der Waals surface area (Å²) in [5.74, 6) is 1.86. The van der Waals surface area contributed by atoms with E-state index in [4.69, 9.17) is 10.5 Å². The lowest BCUT2D eigenvalue weighted by Gasteiger charge is -2.35. The van der Waals surface area contributed by atoms with Crippen molar-refractivity contribution >= 4 is 11.8 Å². The minimum atomic E-state index is 0.486. The van der Waals surface area contributed by atoms with Crippen molar-refractivity contribution in [1.29, 1.82) is 0 Å². The van der Waals surface area contributed by atoms with E-state index in [1.54, 1.807) is 0 Å². The number of nitrogens with zero attached hydrogens (tertiary/aromatic N) is 1. The van der Waals surface area contributed by atoms with Gasteiger partial charge >= 0.3 is 0 Å². The zero-order chi connectivity index (χ0) is 12.0. The highest BCUT2D eigenvalue weighted by Gasteiger charge is 2.29. The van der Waals surface area contributed by atoms with E-state index >= 15 is 0 Å². The van der Waals surface area contributed by atoms with Gasteiger partial charge in [0.2, 0.25) is 0 Å². The summed E-state index contributed by atoms with van der Waals surface area (Å²) >= 11 is 1.92. The molecule has 0 aromatic heterocycles. The van der Waals surface area contributed by atoms with Crippen LogP contribution in [0.4, 0.5) is 0 Å². The van der Waals surface area contributed by atoms with Gasteiger partial charge in [-0.1, -0.05) is 0 Å². The Morgan fingerprint density at radius 1 is 1.56 bits per heavy atom. The van der Waals surface area contributed by atoms with Crippen LogP contribution >= 0.6 is 11.8 Å². The van der Waals surface area contributed by atoms with Gasteiger partial charge in [-0.3, -0.25) is 4.90 Å². The first-order chi connectivity index (χ1) is 7.70. The number of hydrogen-bond donors (Lipinski definition) is 1. The number of hydrogen-bond acceptors (Lipinski definition) is 4. The van der Waals surface area contributed by atoms with Gasteiger partial charge in [0.15, 0.2) is 0 Å². The van der Waals surface area contributed by atoms with Gasteiger partial charge in [-0.2, -0.15) is 11.8 Å². The fourth-order valence-electron chi connectivity index (χ4n) is 2.37. The van der Waals surface area contributed by atoms with E-state index in [1.165, 1.54) is 18.6 Å². The molecule has 0 radical (unpaired) electrons. The maximum atomic E-state index is 5.92. The van der Waals surface area contributed by atoms with Crippen molar-refractivity contribution in [3.05, 3.63) is 0 Å². The monoisotopic (exact) mass is 246 g/mol. The van der Waals surface area contributed by atoms with Gasteiger partial charge in [0.25, 0.3) is 0 Å². The lowest BCUT2D eigenvalue weighted by molar-refractivity contribution is 0.114. The van der Waals surface area contributed by atoms with Crippen molar-refractivity contribution in [3.8, 4) is 0 Å².